The van der Waals surface area contributed by atoms with Gasteiger partial charge in [0.1, 0.15) is 12.8 Å². The number of pyridine rings is 1. The molecular formula is C25H30N6O6. The van der Waals surface area contributed by atoms with E-state index in [-0.39, 0.29) is 36.9 Å². The number of H-pyrrole nitrogens is 1. The van der Waals surface area contributed by atoms with E-state index < -0.39 is 23.5 Å². The minimum atomic E-state index is -1.22. The molecule has 3 rings (SSSR count). The van der Waals surface area contributed by atoms with E-state index in [1.807, 2.05) is 6.92 Å². The molecule has 0 spiro atoms. The van der Waals surface area contributed by atoms with Gasteiger partial charge in [-0.05, 0) is 55.5 Å². The van der Waals surface area contributed by atoms with Crippen molar-refractivity contribution >= 4 is 34.8 Å². The fourth-order valence-electron chi connectivity index (χ4n) is 3.53. The summed E-state index contributed by atoms with van der Waals surface area (Å²) in [6, 6.07) is 9.01. The third-order valence-electron chi connectivity index (χ3n) is 5.50. The molecule has 1 aromatic carbocycles. The summed E-state index contributed by atoms with van der Waals surface area (Å²) >= 11 is 0. The highest BCUT2D eigenvalue weighted by atomic mass is 16.5. The monoisotopic (exact) mass is 510 g/mol. The number of rotatable bonds is 13. The Morgan fingerprint density at radius 2 is 1.86 bits per heavy atom. The first-order chi connectivity index (χ1) is 17.8. The Kier molecular flexibility index (Phi) is 9.67. The standard InChI is InChI=1S/C25H30N6O6/c1-2-13-37-14-27-20(32)12-11-19(24(35)36)29-22(33)16-6-3-15(4-7-16)5-8-17-9-10-18-21(28-17)23(34)31-25(26)30-18/h3-4,6-7,9-10,19H,2,5,8,11-14H2,1H3,(H,27,32)(H,29,33)(H,35,36)(H3,26,30,31,34). The molecule has 37 heavy (non-hydrogen) atoms. The number of nitrogens with one attached hydrogen (secondary N) is 3. The second kappa shape index (κ2) is 13.1. The van der Waals surface area contributed by atoms with Gasteiger partial charge in [-0.15, -0.1) is 0 Å². The second-order valence-electron chi connectivity index (χ2n) is 8.37. The number of anilines is 1. The Labute approximate surface area is 212 Å². The highest BCUT2D eigenvalue weighted by molar-refractivity contribution is 5.96. The van der Waals surface area contributed by atoms with Gasteiger partial charge in [-0.2, -0.15) is 0 Å². The van der Waals surface area contributed by atoms with Crippen molar-refractivity contribution in [1.29, 1.82) is 0 Å². The number of aliphatic carboxylic acids is 1. The summed E-state index contributed by atoms with van der Waals surface area (Å²) in [6.07, 6.45) is 1.86. The lowest BCUT2D eigenvalue weighted by molar-refractivity contribution is -0.139. The molecule has 0 radical (unpaired) electrons. The molecule has 0 fully saturated rings. The van der Waals surface area contributed by atoms with Gasteiger partial charge in [-0.3, -0.25) is 19.4 Å². The van der Waals surface area contributed by atoms with E-state index in [1.165, 1.54) is 0 Å². The Morgan fingerprint density at radius 3 is 2.57 bits per heavy atom. The molecule has 196 valence electrons. The first-order valence-corrected chi connectivity index (χ1v) is 11.9. The Hall–Kier alpha value is -4.32. The third-order valence-corrected chi connectivity index (χ3v) is 5.50. The molecule has 0 saturated carbocycles. The number of ether oxygens (including phenoxy) is 1. The molecule has 0 aliphatic carbocycles. The van der Waals surface area contributed by atoms with Crippen LogP contribution >= 0.6 is 0 Å². The molecule has 3 aromatic rings. The van der Waals surface area contributed by atoms with Crippen molar-refractivity contribution in [1.82, 2.24) is 25.6 Å². The first-order valence-electron chi connectivity index (χ1n) is 11.9. The molecule has 12 nitrogen and oxygen atoms in total. The Bertz CT molecular complexity index is 1310. The van der Waals surface area contributed by atoms with Crippen molar-refractivity contribution in [2.75, 3.05) is 19.1 Å². The van der Waals surface area contributed by atoms with E-state index in [4.69, 9.17) is 10.5 Å². The fraction of sp³-hybridized carbons (Fsp3) is 0.360. The van der Waals surface area contributed by atoms with Crippen LogP contribution in [0.3, 0.4) is 0 Å². The van der Waals surface area contributed by atoms with Gasteiger partial charge in [-0.25, -0.2) is 14.8 Å². The molecular weight excluding hydrogens is 480 g/mol. The summed E-state index contributed by atoms with van der Waals surface area (Å²) in [6.45, 7) is 2.52. The van der Waals surface area contributed by atoms with Crippen LogP contribution in [0.15, 0.2) is 41.2 Å². The van der Waals surface area contributed by atoms with E-state index in [2.05, 4.69) is 25.6 Å². The van der Waals surface area contributed by atoms with E-state index in [1.54, 1.807) is 36.4 Å². The minimum absolute atomic E-state index is 0.0317. The maximum Gasteiger partial charge on any atom is 0.326 e. The lowest BCUT2D eigenvalue weighted by Gasteiger charge is -2.15. The zero-order valence-corrected chi connectivity index (χ0v) is 20.5. The van der Waals surface area contributed by atoms with Gasteiger partial charge in [0.15, 0.2) is 5.52 Å². The van der Waals surface area contributed by atoms with Crippen molar-refractivity contribution in [2.24, 2.45) is 0 Å². The van der Waals surface area contributed by atoms with E-state index in [0.29, 0.717) is 36.2 Å². The molecule has 1 unspecified atom stereocenters. The van der Waals surface area contributed by atoms with Gasteiger partial charge in [0.05, 0.1) is 5.52 Å². The van der Waals surface area contributed by atoms with Crippen LogP contribution < -0.4 is 21.9 Å². The number of fused-ring (bicyclic) bond motifs is 1. The lowest BCUT2D eigenvalue weighted by atomic mass is 10.0. The highest BCUT2D eigenvalue weighted by Gasteiger charge is 2.21. The molecule has 0 saturated heterocycles. The number of benzene rings is 1. The number of carboxylic acids is 1. The van der Waals surface area contributed by atoms with Gasteiger partial charge in [0.2, 0.25) is 11.9 Å². The minimum Gasteiger partial charge on any atom is -0.480 e. The number of carbonyl (C=O) groups is 3. The average molecular weight is 511 g/mol. The quantitative estimate of drug-likeness (QED) is 0.166. The number of carboxylic acid groups (broad SMARTS) is 1. The average Bonchev–Trinajstić information content (AvgIpc) is 2.88. The molecule has 2 amide bonds. The van der Waals surface area contributed by atoms with E-state index in [0.717, 1.165) is 12.0 Å². The van der Waals surface area contributed by atoms with Crippen LogP contribution in [-0.2, 0) is 27.2 Å². The number of nitrogens with zero attached hydrogens (tertiary/aromatic N) is 2. The van der Waals surface area contributed by atoms with Gasteiger partial charge < -0.3 is 26.2 Å². The van der Waals surface area contributed by atoms with Crippen LogP contribution in [0.1, 0.15) is 47.8 Å². The molecule has 0 aliphatic heterocycles. The number of aryl methyl sites for hydroxylation is 2. The van der Waals surface area contributed by atoms with Crippen LogP contribution in [0.2, 0.25) is 0 Å². The number of hydrogen-bond acceptors (Lipinski definition) is 8. The maximum atomic E-state index is 12.6. The van der Waals surface area contributed by atoms with Crippen molar-refractivity contribution < 1.29 is 24.2 Å². The number of aromatic amines is 1. The van der Waals surface area contributed by atoms with Gasteiger partial charge in [0.25, 0.3) is 11.5 Å². The summed E-state index contributed by atoms with van der Waals surface area (Å²) in [7, 11) is 0. The number of nitrogen functional groups attached to an aromatic ring is 1. The summed E-state index contributed by atoms with van der Waals surface area (Å²) in [5, 5.41) is 14.4. The first kappa shape index (κ1) is 27.3. The predicted octanol–water partition coefficient (Wildman–Crippen LogP) is 1.15. The van der Waals surface area contributed by atoms with Crippen molar-refractivity contribution in [3.05, 3.63) is 63.6 Å². The number of hydrogen-bond donors (Lipinski definition) is 5. The highest BCUT2D eigenvalue weighted by Crippen LogP contribution is 2.12. The lowest BCUT2D eigenvalue weighted by Crippen LogP contribution is -2.41. The Balaban J connectivity index is 1.52. The van der Waals surface area contributed by atoms with Crippen molar-refractivity contribution in [2.45, 2.75) is 45.1 Å². The van der Waals surface area contributed by atoms with Gasteiger partial charge in [-0.1, -0.05) is 19.1 Å². The SMILES string of the molecule is CCCOCNC(=O)CCC(NC(=O)c1ccc(CCc2ccc3nc(N)[nH]c(=O)c3n2)cc1)C(=O)O. The topological polar surface area (TPSA) is 189 Å². The third kappa shape index (κ3) is 8.10. The predicted molar refractivity (Wildman–Crippen MR) is 136 cm³/mol. The van der Waals surface area contributed by atoms with Gasteiger partial charge >= 0.3 is 5.97 Å². The number of amides is 2. The summed E-state index contributed by atoms with van der Waals surface area (Å²) < 4.78 is 5.17. The van der Waals surface area contributed by atoms with E-state index in [9.17, 15) is 24.3 Å². The fourth-order valence-corrected chi connectivity index (χ4v) is 3.53. The largest absolute Gasteiger partial charge is 0.480 e. The molecule has 0 aliphatic rings. The molecule has 12 heteroatoms. The summed E-state index contributed by atoms with van der Waals surface area (Å²) in [5.41, 5.74) is 7.72. The molecule has 2 aromatic heterocycles. The van der Waals surface area contributed by atoms with Crippen LogP contribution in [0.4, 0.5) is 5.95 Å². The normalized spacial score (nSPS) is 11.7. The number of carbonyl (C=O) groups excluding carboxylic acids is 2. The summed E-state index contributed by atoms with van der Waals surface area (Å²) in [5.74, 6) is -2.09. The number of aromatic nitrogens is 3. The van der Waals surface area contributed by atoms with Crippen molar-refractivity contribution in [3.8, 4) is 0 Å². The zero-order chi connectivity index (χ0) is 26.8. The van der Waals surface area contributed by atoms with Crippen LogP contribution in [0, 0.1) is 0 Å². The maximum absolute atomic E-state index is 12.6. The van der Waals surface area contributed by atoms with Gasteiger partial charge in [0, 0.05) is 24.3 Å². The Morgan fingerprint density at radius 1 is 1.11 bits per heavy atom. The van der Waals surface area contributed by atoms with Crippen LogP contribution in [0.5, 0.6) is 0 Å². The molecule has 0 bridgehead atoms. The molecule has 6 N–H and O–H groups in total. The van der Waals surface area contributed by atoms with Crippen LogP contribution in [-0.4, -0.2) is 57.2 Å². The molecule has 2 heterocycles. The second-order valence-corrected chi connectivity index (χ2v) is 8.37. The summed E-state index contributed by atoms with van der Waals surface area (Å²) in [4.78, 5) is 58.9. The van der Waals surface area contributed by atoms with E-state index >= 15 is 0 Å². The smallest absolute Gasteiger partial charge is 0.326 e. The molecule has 1 atom stereocenters. The van der Waals surface area contributed by atoms with Crippen molar-refractivity contribution in [3.63, 3.8) is 0 Å². The number of nitrogens with two attached hydrogens (primary N) is 1. The zero-order valence-electron chi connectivity index (χ0n) is 20.5. The van der Waals surface area contributed by atoms with Crippen LogP contribution in [0.25, 0.3) is 11.0 Å².